The maximum Gasteiger partial charge on any atom is 0.187 e. The maximum atomic E-state index is 7.45. The molecule has 39 heavy (non-hydrogen) atoms. The van der Waals surface area contributed by atoms with Crippen LogP contribution in [0.15, 0.2) is 126 Å². The van der Waals surface area contributed by atoms with Gasteiger partial charge in [0.1, 0.15) is 11.2 Å². The van der Waals surface area contributed by atoms with E-state index in [0.29, 0.717) is 23.2 Å². The van der Waals surface area contributed by atoms with Gasteiger partial charge >= 0.3 is 0 Å². The van der Waals surface area contributed by atoms with Crippen LogP contribution in [0.1, 0.15) is 0 Å². The highest BCUT2D eigenvalue weighted by atomic mass is 16.3. The van der Waals surface area contributed by atoms with Crippen molar-refractivity contribution >= 4 is 27.6 Å². The van der Waals surface area contributed by atoms with Gasteiger partial charge in [0.05, 0.1) is 6.57 Å². The van der Waals surface area contributed by atoms with Gasteiger partial charge in [-0.25, -0.2) is 19.8 Å². The van der Waals surface area contributed by atoms with Gasteiger partial charge in [0.25, 0.3) is 0 Å². The largest absolute Gasteiger partial charge is 0.456 e. The number of fused-ring (bicyclic) bond motifs is 3. The number of benzene rings is 5. The second kappa shape index (κ2) is 9.37. The summed E-state index contributed by atoms with van der Waals surface area (Å²) in [7, 11) is 0. The van der Waals surface area contributed by atoms with Gasteiger partial charge in [-0.15, -0.1) is 0 Å². The molecule has 0 radical (unpaired) electrons. The number of aromatic nitrogens is 3. The summed E-state index contributed by atoms with van der Waals surface area (Å²) in [5.41, 5.74) is 6.73. The summed E-state index contributed by atoms with van der Waals surface area (Å²) in [5.74, 6) is 1.61. The fraction of sp³-hybridized carbons (Fsp3) is 0. The van der Waals surface area contributed by atoms with Gasteiger partial charge in [0, 0.05) is 27.5 Å². The summed E-state index contributed by atoms with van der Waals surface area (Å²) in [5, 5.41) is 2.12. The van der Waals surface area contributed by atoms with Crippen molar-refractivity contribution in [2.75, 3.05) is 0 Å². The molecule has 7 rings (SSSR count). The normalized spacial score (nSPS) is 11.1. The number of nitrogens with zero attached hydrogens (tertiary/aromatic N) is 4. The minimum Gasteiger partial charge on any atom is -0.456 e. The quantitative estimate of drug-likeness (QED) is 0.226. The van der Waals surface area contributed by atoms with Crippen LogP contribution in [0.25, 0.3) is 72.1 Å². The second-order valence-corrected chi connectivity index (χ2v) is 9.20. The maximum absolute atomic E-state index is 7.45. The van der Waals surface area contributed by atoms with Crippen LogP contribution >= 0.6 is 0 Å². The van der Waals surface area contributed by atoms with Crippen LogP contribution in [0, 0.1) is 6.57 Å². The van der Waals surface area contributed by atoms with Gasteiger partial charge in [-0.1, -0.05) is 97.1 Å². The van der Waals surface area contributed by atoms with Crippen LogP contribution in [0.4, 0.5) is 5.69 Å². The van der Waals surface area contributed by atoms with E-state index in [-0.39, 0.29) is 0 Å². The van der Waals surface area contributed by atoms with Crippen molar-refractivity contribution in [3.05, 3.63) is 133 Å². The van der Waals surface area contributed by atoms with Crippen LogP contribution in [-0.2, 0) is 0 Å². The molecule has 0 aliphatic rings. The molecule has 2 heterocycles. The van der Waals surface area contributed by atoms with E-state index >= 15 is 0 Å². The summed E-state index contributed by atoms with van der Waals surface area (Å²) in [4.78, 5) is 18.2. The fourth-order valence-electron chi connectivity index (χ4n) is 4.89. The van der Waals surface area contributed by atoms with Crippen molar-refractivity contribution in [1.82, 2.24) is 15.0 Å². The standard InChI is InChI=1S/C34H20N4O/c1-35-26-16-10-15-24(19-26)33-36-32(23-13-6-3-7-14-23)37-34(38-33)25-20-28(22-11-4-2-5-12-22)31-27-17-8-9-18-29(27)39-30(31)21-25/h2-21H. The third kappa shape index (κ3) is 4.11. The zero-order valence-corrected chi connectivity index (χ0v) is 20.7. The van der Waals surface area contributed by atoms with E-state index in [1.807, 2.05) is 84.9 Å². The monoisotopic (exact) mass is 500 g/mol. The lowest BCUT2D eigenvalue weighted by atomic mass is 9.97. The van der Waals surface area contributed by atoms with E-state index in [2.05, 4.69) is 29.1 Å². The molecule has 182 valence electrons. The average molecular weight is 501 g/mol. The van der Waals surface area contributed by atoms with E-state index in [0.717, 1.165) is 49.8 Å². The fourth-order valence-corrected chi connectivity index (χ4v) is 4.89. The number of hydrogen-bond donors (Lipinski definition) is 0. The molecule has 0 saturated heterocycles. The van der Waals surface area contributed by atoms with Crippen LogP contribution < -0.4 is 0 Å². The number of hydrogen-bond acceptors (Lipinski definition) is 4. The summed E-state index contributed by atoms with van der Waals surface area (Å²) in [6.45, 7) is 7.45. The molecule has 2 aromatic heterocycles. The molecule has 0 spiro atoms. The molecule has 0 saturated carbocycles. The molecule has 0 N–H and O–H groups in total. The molecule has 0 atom stereocenters. The minimum absolute atomic E-state index is 0.510. The Morgan fingerprint density at radius 2 is 1.13 bits per heavy atom. The van der Waals surface area contributed by atoms with E-state index < -0.39 is 0 Å². The zero-order valence-electron chi connectivity index (χ0n) is 20.7. The second-order valence-electron chi connectivity index (χ2n) is 9.20. The Balaban J connectivity index is 1.51. The van der Waals surface area contributed by atoms with Gasteiger partial charge in [-0.3, -0.25) is 0 Å². The third-order valence-electron chi connectivity index (χ3n) is 6.72. The van der Waals surface area contributed by atoms with E-state index in [9.17, 15) is 0 Å². The minimum atomic E-state index is 0.510. The van der Waals surface area contributed by atoms with Gasteiger partial charge in [-0.2, -0.15) is 0 Å². The molecule has 7 aromatic rings. The van der Waals surface area contributed by atoms with Gasteiger partial charge < -0.3 is 4.42 Å². The summed E-state index contributed by atoms with van der Waals surface area (Å²) in [6, 6.07) is 39.7. The van der Waals surface area contributed by atoms with Crippen LogP contribution in [-0.4, -0.2) is 15.0 Å². The lowest BCUT2D eigenvalue weighted by Crippen LogP contribution is -2.00. The average Bonchev–Trinajstić information content (AvgIpc) is 3.40. The van der Waals surface area contributed by atoms with Crippen molar-refractivity contribution in [2.24, 2.45) is 0 Å². The smallest absolute Gasteiger partial charge is 0.187 e. The van der Waals surface area contributed by atoms with Gasteiger partial charge in [0.15, 0.2) is 23.2 Å². The lowest BCUT2D eigenvalue weighted by Gasteiger charge is -2.11. The first-order valence-corrected chi connectivity index (χ1v) is 12.6. The predicted octanol–water partition coefficient (Wildman–Crippen LogP) is 8.99. The van der Waals surface area contributed by atoms with Crippen LogP contribution in [0.3, 0.4) is 0 Å². The number of para-hydroxylation sites is 1. The summed E-state index contributed by atoms with van der Waals surface area (Å²) in [6.07, 6.45) is 0. The first-order chi connectivity index (χ1) is 19.3. The molecule has 5 nitrogen and oxygen atoms in total. The molecule has 0 unspecified atom stereocenters. The molecule has 0 amide bonds. The van der Waals surface area contributed by atoms with Crippen molar-refractivity contribution in [1.29, 1.82) is 0 Å². The zero-order chi connectivity index (χ0) is 26.2. The van der Waals surface area contributed by atoms with E-state index in [1.54, 1.807) is 12.1 Å². The highest BCUT2D eigenvalue weighted by molar-refractivity contribution is 6.13. The van der Waals surface area contributed by atoms with Crippen molar-refractivity contribution in [3.8, 4) is 45.3 Å². The number of rotatable bonds is 4. The molecule has 0 aliphatic heterocycles. The first-order valence-electron chi connectivity index (χ1n) is 12.6. The van der Waals surface area contributed by atoms with E-state index in [4.69, 9.17) is 25.9 Å². The highest BCUT2D eigenvalue weighted by Crippen LogP contribution is 2.39. The molecule has 0 bridgehead atoms. The molecule has 5 heteroatoms. The molecule has 0 aliphatic carbocycles. The molecular formula is C34H20N4O. The van der Waals surface area contributed by atoms with Gasteiger partial charge in [0.2, 0.25) is 0 Å². The summed E-state index contributed by atoms with van der Waals surface area (Å²) < 4.78 is 6.33. The predicted molar refractivity (Wildman–Crippen MR) is 155 cm³/mol. The Morgan fingerprint density at radius 3 is 1.87 bits per heavy atom. The Morgan fingerprint density at radius 1 is 0.513 bits per heavy atom. The Kier molecular flexibility index (Phi) is 5.42. The van der Waals surface area contributed by atoms with Crippen LogP contribution in [0.2, 0.25) is 0 Å². The van der Waals surface area contributed by atoms with Gasteiger partial charge in [-0.05, 0) is 35.4 Å². The molecule has 0 fully saturated rings. The third-order valence-corrected chi connectivity index (χ3v) is 6.72. The Labute approximate surface area is 224 Å². The highest BCUT2D eigenvalue weighted by Gasteiger charge is 2.18. The number of furan rings is 1. The lowest BCUT2D eigenvalue weighted by molar-refractivity contribution is 0.669. The SMILES string of the molecule is [C-]#[N+]c1cccc(-c2nc(-c3ccccc3)nc(-c3cc(-c4ccccc4)c4c(c3)oc3ccccc34)n2)c1. The van der Waals surface area contributed by atoms with E-state index in [1.165, 1.54) is 0 Å². The molecular weight excluding hydrogens is 480 g/mol. The Hall–Kier alpha value is -5.60. The summed E-state index contributed by atoms with van der Waals surface area (Å²) >= 11 is 0. The van der Waals surface area contributed by atoms with Crippen molar-refractivity contribution in [3.63, 3.8) is 0 Å². The van der Waals surface area contributed by atoms with Crippen molar-refractivity contribution in [2.45, 2.75) is 0 Å². The molecule has 5 aromatic carbocycles. The Bertz CT molecular complexity index is 2020. The van der Waals surface area contributed by atoms with Crippen LogP contribution in [0.5, 0.6) is 0 Å². The topological polar surface area (TPSA) is 56.2 Å². The van der Waals surface area contributed by atoms with Crippen molar-refractivity contribution < 1.29 is 4.42 Å². The first kappa shape index (κ1) is 22.6.